The average molecular weight is 341 g/mol. The molecule has 0 heterocycles. The van der Waals surface area contributed by atoms with E-state index in [1.165, 1.54) is 0 Å². The van der Waals surface area contributed by atoms with Gasteiger partial charge in [-0.25, -0.2) is 0 Å². The van der Waals surface area contributed by atoms with Gasteiger partial charge in [-0.3, -0.25) is 0 Å². The molecule has 1 aromatic rings. The molecular formula is C16H25ClO2Si2. The molecule has 0 amide bonds. The summed E-state index contributed by atoms with van der Waals surface area (Å²) < 4.78 is 12.1. The summed E-state index contributed by atoms with van der Waals surface area (Å²) in [7, 11) is -3.55. The number of benzene rings is 1. The zero-order chi connectivity index (χ0) is 16.3. The maximum absolute atomic E-state index is 6.52. The Morgan fingerprint density at radius 3 is 1.81 bits per heavy atom. The molecule has 21 heavy (non-hydrogen) atoms. The van der Waals surface area contributed by atoms with Crippen molar-refractivity contribution in [1.29, 1.82) is 0 Å². The Labute approximate surface area is 135 Å². The van der Waals surface area contributed by atoms with Crippen LogP contribution >= 0.6 is 11.6 Å². The molecule has 0 radical (unpaired) electrons. The Hall–Kier alpha value is -0.976. The molecule has 2 nitrogen and oxygen atoms in total. The molecule has 0 saturated carbocycles. The van der Waals surface area contributed by atoms with Gasteiger partial charge in [-0.15, -0.1) is 0 Å². The van der Waals surface area contributed by atoms with Crippen LogP contribution < -0.4 is 0 Å². The smallest absolute Gasteiger partial charge is 0.242 e. The van der Waals surface area contributed by atoms with Crippen LogP contribution in [0.4, 0.5) is 0 Å². The third-order valence-electron chi connectivity index (χ3n) is 2.32. The van der Waals surface area contributed by atoms with Crippen LogP contribution in [0.1, 0.15) is 5.56 Å². The van der Waals surface area contributed by atoms with Crippen LogP contribution in [-0.2, 0) is 8.85 Å². The van der Waals surface area contributed by atoms with Gasteiger partial charge in [-0.1, -0.05) is 48.5 Å². The lowest BCUT2D eigenvalue weighted by atomic mass is 10.2. The molecule has 116 valence electrons. The topological polar surface area (TPSA) is 18.5 Å². The van der Waals surface area contributed by atoms with Gasteiger partial charge in [0.1, 0.15) is 16.6 Å². The molecule has 0 aliphatic carbocycles. The third kappa shape index (κ3) is 6.54. The second kappa shape index (κ2) is 6.86. The molecule has 0 atom stereocenters. The lowest BCUT2D eigenvalue weighted by Crippen LogP contribution is -2.26. The number of halogens is 1. The molecule has 5 heteroatoms. The largest absolute Gasteiger partial charge is 0.544 e. The van der Waals surface area contributed by atoms with E-state index in [2.05, 4.69) is 45.9 Å². The lowest BCUT2D eigenvalue weighted by molar-refractivity contribution is 0.435. The minimum atomic E-state index is -1.80. The number of hydrogen-bond donors (Lipinski definition) is 0. The van der Waals surface area contributed by atoms with Crippen molar-refractivity contribution < 1.29 is 8.85 Å². The number of hydrogen-bond acceptors (Lipinski definition) is 2. The monoisotopic (exact) mass is 340 g/mol. The summed E-state index contributed by atoms with van der Waals surface area (Å²) in [5, 5.41) is 0.464. The minimum Gasteiger partial charge on any atom is -0.544 e. The fourth-order valence-corrected chi connectivity index (χ4v) is 3.66. The van der Waals surface area contributed by atoms with Crippen LogP contribution in [0, 0.1) is 0 Å². The Morgan fingerprint density at radius 1 is 0.905 bits per heavy atom. The lowest BCUT2D eigenvalue weighted by Gasteiger charge is -2.26. The highest BCUT2D eigenvalue weighted by atomic mass is 35.5. The van der Waals surface area contributed by atoms with E-state index in [0.717, 1.165) is 5.56 Å². The van der Waals surface area contributed by atoms with Crippen molar-refractivity contribution in [1.82, 2.24) is 0 Å². The zero-order valence-electron chi connectivity index (χ0n) is 13.8. The maximum atomic E-state index is 6.52. The van der Waals surface area contributed by atoms with Gasteiger partial charge in [0.25, 0.3) is 0 Å². The third-order valence-corrected chi connectivity index (χ3v) is 4.38. The van der Waals surface area contributed by atoms with Crippen LogP contribution in [0.3, 0.4) is 0 Å². The van der Waals surface area contributed by atoms with Crippen molar-refractivity contribution in [2.24, 2.45) is 0 Å². The summed E-state index contributed by atoms with van der Waals surface area (Å²) in [6.45, 7) is 16.7. The van der Waals surface area contributed by atoms with Crippen molar-refractivity contribution in [3.63, 3.8) is 0 Å². The summed E-state index contributed by atoms with van der Waals surface area (Å²) in [4.78, 5) is 0. The normalized spacial score (nSPS) is 13.5. The molecule has 0 spiro atoms. The summed E-state index contributed by atoms with van der Waals surface area (Å²) >= 11 is 6.52. The molecule has 0 saturated heterocycles. The molecule has 0 unspecified atom stereocenters. The van der Waals surface area contributed by atoms with E-state index in [-0.39, 0.29) is 0 Å². The van der Waals surface area contributed by atoms with Crippen LogP contribution in [0.15, 0.2) is 47.7 Å². The summed E-state index contributed by atoms with van der Waals surface area (Å²) in [5.74, 6) is 1.16. The van der Waals surface area contributed by atoms with Crippen molar-refractivity contribution in [2.75, 3.05) is 0 Å². The van der Waals surface area contributed by atoms with E-state index in [9.17, 15) is 0 Å². The molecule has 0 aliphatic heterocycles. The second-order valence-corrected chi connectivity index (χ2v) is 16.1. The van der Waals surface area contributed by atoms with Gasteiger partial charge in [0, 0.05) is 5.56 Å². The van der Waals surface area contributed by atoms with Crippen LogP contribution in [0.5, 0.6) is 0 Å². The summed E-state index contributed by atoms with van der Waals surface area (Å²) in [5.41, 5.74) is 0.949. The van der Waals surface area contributed by atoms with Crippen LogP contribution in [0.2, 0.25) is 39.3 Å². The molecule has 1 rings (SSSR count). The van der Waals surface area contributed by atoms with Gasteiger partial charge in [0.05, 0.1) is 0 Å². The van der Waals surface area contributed by atoms with Crippen molar-refractivity contribution in [3.8, 4) is 0 Å². The van der Waals surface area contributed by atoms with Crippen molar-refractivity contribution >= 4 is 34.0 Å². The van der Waals surface area contributed by atoms with Gasteiger partial charge >= 0.3 is 0 Å². The first-order valence-electron chi connectivity index (χ1n) is 7.02. The molecule has 1 aromatic carbocycles. The van der Waals surface area contributed by atoms with Crippen LogP contribution in [0.25, 0.3) is 5.76 Å². The number of allylic oxidation sites excluding steroid dienone is 1. The van der Waals surface area contributed by atoms with Gasteiger partial charge < -0.3 is 8.85 Å². The highest BCUT2D eigenvalue weighted by Gasteiger charge is 2.24. The first-order chi connectivity index (χ1) is 9.49. The Kier molecular flexibility index (Phi) is 5.90. The molecule has 0 fully saturated rings. The van der Waals surface area contributed by atoms with Crippen LogP contribution in [-0.4, -0.2) is 16.6 Å². The van der Waals surface area contributed by atoms with E-state index in [1.54, 1.807) is 0 Å². The Bertz CT molecular complexity index is 525. The van der Waals surface area contributed by atoms with E-state index in [4.69, 9.17) is 20.5 Å². The fraction of sp³-hybridized carbons (Fsp3) is 0.375. The van der Waals surface area contributed by atoms with E-state index >= 15 is 0 Å². The Balaban J connectivity index is 3.22. The highest BCUT2D eigenvalue weighted by molar-refractivity contribution is 6.71. The Morgan fingerprint density at radius 2 is 1.38 bits per heavy atom. The second-order valence-electron chi connectivity index (χ2n) is 6.86. The summed E-state index contributed by atoms with van der Waals surface area (Å²) in [6, 6.07) is 9.88. The predicted molar refractivity (Wildman–Crippen MR) is 97.2 cm³/mol. The fourth-order valence-electron chi connectivity index (χ4n) is 1.67. The molecular weight excluding hydrogens is 316 g/mol. The first-order valence-corrected chi connectivity index (χ1v) is 14.2. The van der Waals surface area contributed by atoms with E-state index in [1.807, 2.05) is 30.3 Å². The van der Waals surface area contributed by atoms with E-state index in [0.29, 0.717) is 16.6 Å². The first kappa shape index (κ1) is 18.1. The van der Waals surface area contributed by atoms with Gasteiger partial charge in [-0.05, 0) is 39.3 Å². The molecule has 0 bridgehead atoms. The zero-order valence-corrected chi connectivity index (χ0v) is 16.5. The highest BCUT2D eigenvalue weighted by Crippen LogP contribution is 2.31. The average Bonchev–Trinajstić information content (AvgIpc) is 2.33. The van der Waals surface area contributed by atoms with Gasteiger partial charge in [0.15, 0.2) is 0 Å². The number of rotatable bonds is 6. The minimum absolute atomic E-state index is 0.464. The molecule has 0 aromatic heterocycles. The van der Waals surface area contributed by atoms with Crippen molar-refractivity contribution in [2.45, 2.75) is 39.3 Å². The van der Waals surface area contributed by atoms with Gasteiger partial charge in [-0.2, -0.15) is 0 Å². The molecule has 0 aliphatic rings. The maximum Gasteiger partial charge on any atom is 0.242 e. The summed E-state index contributed by atoms with van der Waals surface area (Å²) in [6.07, 6.45) is 0. The standard InChI is InChI=1S/C16H25ClO2Si2/c1-13(18-20(2,3)4)15(17)16(19-21(5,6)7)14-11-9-8-10-12-14/h8-12H,1H2,2-7H3/b16-15-. The quantitative estimate of drug-likeness (QED) is 0.369. The molecule has 0 N–H and O–H groups in total. The SMILES string of the molecule is C=C(O[Si](C)(C)C)/C(Cl)=C(/O[Si](C)(C)C)c1ccccc1. The van der Waals surface area contributed by atoms with Crippen molar-refractivity contribution in [3.05, 3.63) is 53.3 Å². The predicted octanol–water partition coefficient (Wildman–Crippen LogP) is 5.81. The van der Waals surface area contributed by atoms with Gasteiger partial charge in [0.2, 0.25) is 16.6 Å². The van der Waals surface area contributed by atoms with E-state index < -0.39 is 16.6 Å².